The van der Waals surface area contributed by atoms with Crippen molar-refractivity contribution in [2.75, 3.05) is 6.54 Å². The monoisotopic (exact) mass is 298 g/mol. The van der Waals surface area contributed by atoms with Crippen molar-refractivity contribution in [1.82, 2.24) is 10.6 Å². The molecule has 114 valence electrons. The highest BCUT2D eigenvalue weighted by atomic mass is 19.3. The fourth-order valence-corrected chi connectivity index (χ4v) is 2.13. The number of benzene rings is 1. The van der Waals surface area contributed by atoms with E-state index in [-0.39, 0.29) is 17.2 Å². The topological polar surface area (TPSA) is 67.4 Å². The molecule has 2 N–H and O–H groups in total. The Kier molecular flexibility index (Phi) is 5.08. The minimum absolute atomic E-state index is 0.0945. The number of hydrogen-bond acceptors (Lipinski definition) is 3. The van der Waals surface area contributed by atoms with Crippen LogP contribution in [-0.4, -0.2) is 31.0 Å². The highest BCUT2D eigenvalue weighted by Gasteiger charge is 2.23. The number of carbonyl (C=O) groups excluding carboxylic acids is 2. The Hall–Kier alpha value is -2.18. The summed E-state index contributed by atoms with van der Waals surface area (Å²) in [5.41, 5.74) is 0.171. The maximum absolute atomic E-state index is 12.1. The fraction of sp³-hybridized carbons (Fsp3) is 0.429. The normalized spacial score (nSPS) is 18.8. The smallest absolute Gasteiger partial charge is 0.387 e. The number of amides is 2. The standard InChI is InChI=1S/C14H16F2N2O3/c15-14(16)21-10-5-3-4-9(8-10)12(19)18-11-6-1-2-7-17-13(11)20/h3-5,8,11,14H,1-2,6-7H2,(H,17,20)(H,18,19)/t11-/m1/s1. The molecule has 0 bridgehead atoms. The first-order valence-electron chi connectivity index (χ1n) is 6.70. The summed E-state index contributed by atoms with van der Waals surface area (Å²) in [6, 6.07) is 4.87. The van der Waals surface area contributed by atoms with Crippen LogP contribution in [-0.2, 0) is 4.79 Å². The van der Waals surface area contributed by atoms with E-state index in [2.05, 4.69) is 15.4 Å². The van der Waals surface area contributed by atoms with Gasteiger partial charge < -0.3 is 15.4 Å². The molecule has 1 aromatic carbocycles. The number of carbonyl (C=O) groups is 2. The van der Waals surface area contributed by atoms with E-state index in [0.29, 0.717) is 13.0 Å². The molecule has 2 amide bonds. The number of halogens is 2. The predicted molar refractivity (Wildman–Crippen MR) is 71.2 cm³/mol. The lowest BCUT2D eigenvalue weighted by Crippen LogP contribution is -2.45. The third-order valence-corrected chi connectivity index (χ3v) is 3.16. The molecule has 1 fully saturated rings. The Balaban J connectivity index is 2.03. The van der Waals surface area contributed by atoms with Crippen molar-refractivity contribution in [1.29, 1.82) is 0 Å². The molecule has 1 atom stereocenters. The van der Waals surface area contributed by atoms with Crippen molar-refractivity contribution in [3.8, 4) is 5.75 Å². The molecule has 0 aromatic heterocycles. The van der Waals surface area contributed by atoms with E-state index in [1.165, 1.54) is 24.3 Å². The number of alkyl halides is 2. The van der Waals surface area contributed by atoms with Crippen molar-refractivity contribution in [2.45, 2.75) is 31.9 Å². The van der Waals surface area contributed by atoms with E-state index in [0.717, 1.165) is 12.8 Å². The van der Waals surface area contributed by atoms with Gasteiger partial charge in [0.05, 0.1) is 0 Å². The van der Waals surface area contributed by atoms with Crippen LogP contribution in [0, 0.1) is 0 Å². The molecule has 5 nitrogen and oxygen atoms in total. The van der Waals surface area contributed by atoms with E-state index in [1.54, 1.807) is 0 Å². The highest BCUT2D eigenvalue weighted by Crippen LogP contribution is 2.16. The number of nitrogens with one attached hydrogen (secondary N) is 2. The molecule has 1 heterocycles. The quantitative estimate of drug-likeness (QED) is 0.889. The first kappa shape index (κ1) is 15.2. The van der Waals surface area contributed by atoms with Crippen LogP contribution >= 0.6 is 0 Å². The number of ether oxygens (including phenoxy) is 1. The van der Waals surface area contributed by atoms with Gasteiger partial charge in [-0.05, 0) is 37.5 Å². The largest absolute Gasteiger partial charge is 0.435 e. The SMILES string of the molecule is O=C(N[C@@H]1CCCCNC1=O)c1cccc(OC(F)F)c1. The lowest BCUT2D eigenvalue weighted by atomic mass is 10.1. The minimum Gasteiger partial charge on any atom is -0.435 e. The summed E-state index contributed by atoms with van der Waals surface area (Å²) in [5, 5.41) is 5.32. The van der Waals surface area contributed by atoms with E-state index in [1.807, 2.05) is 0 Å². The summed E-state index contributed by atoms with van der Waals surface area (Å²) in [6.07, 6.45) is 2.26. The second kappa shape index (κ2) is 7.01. The zero-order chi connectivity index (χ0) is 15.2. The molecular formula is C14H16F2N2O3. The summed E-state index contributed by atoms with van der Waals surface area (Å²) in [6.45, 7) is -2.35. The highest BCUT2D eigenvalue weighted by molar-refractivity contribution is 5.97. The molecule has 0 radical (unpaired) electrons. The van der Waals surface area contributed by atoms with Crippen LogP contribution in [0.3, 0.4) is 0 Å². The van der Waals surface area contributed by atoms with Crippen LogP contribution in [0.2, 0.25) is 0 Å². The van der Waals surface area contributed by atoms with Crippen LogP contribution in [0.25, 0.3) is 0 Å². The van der Waals surface area contributed by atoms with E-state index in [9.17, 15) is 18.4 Å². The number of hydrogen-bond donors (Lipinski definition) is 2. The van der Waals surface area contributed by atoms with Crippen molar-refractivity contribution in [3.05, 3.63) is 29.8 Å². The lowest BCUT2D eigenvalue weighted by molar-refractivity contribution is -0.122. The van der Waals surface area contributed by atoms with E-state index in [4.69, 9.17) is 0 Å². The molecular weight excluding hydrogens is 282 g/mol. The van der Waals surface area contributed by atoms with E-state index >= 15 is 0 Å². The van der Waals surface area contributed by atoms with Crippen molar-refractivity contribution in [2.24, 2.45) is 0 Å². The molecule has 0 spiro atoms. The Morgan fingerprint density at radius 1 is 1.38 bits per heavy atom. The zero-order valence-electron chi connectivity index (χ0n) is 11.3. The van der Waals surface area contributed by atoms with Crippen molar-refractivity contribution >= 4 is 11.8 Å². The van der Waals surface area contributed by atoms with Gasteiger partial charge in [0.25, 0.3) is 5.91 Å². The van der Waals surface area contributed by atoms with Crippen molar-refractivity contribution < 1.29 is 23.1 Å². The molecule has 0 aliphatic carbocycles. The summed E-state index contributed by atoms with van der Waals surface area (Å²) >= 11 is 0. The van der Waals surface area contributed by atoms with Gasteiger partial charge >= 0.3 is 6.61 Å². The third-order valence-electron chi connectivity index (χ3n) is 3.16. The van der Waals surface area contributed by atoms with Gasteiger partial charge in [0.1, 0.15) is 11.8 Å². The van der Waals surface area contributed by atoms with Gasteiger partial charge in [-0.1, -0.05) is 6.07 Å². The van der Waals surface area contributed by atoms with Crippen LogP contribution in [0.1, 0.15) is 29.6 Å². The summed E-state index contributed by atoms with van der Waals surface area (Å²) in [4.78, 5) is 23.8. The van der Waals surface area contributed by atoms with Crippen molar-refractivity contribution in [3.63, 3.8) is 0 Å². The second-order valence-corrected chi connectivity index (χ2v) is 4.72. The lowest BCUT2D eigenvalue weighted by Gasteiger charge is -2.15. The van der Waals surface area contributed by atoms with Crippen LogP contribution < -0.4 is 15.4 Å². The molecule has 1 saturated heterocycles. The van der Waals surface area contributed by atoms with Crippen LogP contribution in [0.4, 0.5) is 8.78 Å². The molecule has 21 heavy (non-hydrogen) atoms. The second-order valence-electron chi connectivity index (χ2n) is 4.72. The zero-order valence-corrected chi connectivity index (χ0v) is 11.3. The summed E-state index contributed by atoms with van der Waals surface area (Å²) in [7, 11) is 0. The first-order chi connectivity index (χ1) is 10.1. The van der Waals surface area contributed by atoms with Crippen LogP contribution in [0.5, 0.6) is 5.75 Å². The Labute approximate surface area is 120 Å². The maximum Gasteiger partial charge on any atom is 0.387 e. The molecule has 1 aromatic rings. The molecule has 1 aliphatic heterocycles. The Morgan fingerprint density at radius 3 is 2.95 bits per heavy atom. The van der Waals surface area contributed by atoms with Gasteiger partial charge in [-0.25, -0.2) is 0 Å². The molecule has 0 saturated carbocycles. The minimum atomic E-state index is -2.95. The molecule has 0 unspecified atom stereocenters. The summed E-state index contributed by atoms with van der Waals surface area (Å²) in [5.74, 6) is -0.805. The predicted octanol–water partition coefficient (Wildman–Crippen LogP) is 1.69. The first-order valence-corrected chi connectivity index (χ1v) is 6.70. The van der Waals surface area contributed by atoms with Gasteiger partial charge in [0.15, 0.2) is 0 Å². The fourth-order valence-electron chi connectivity index (χ4n) is 2.13. The van der Waals surface area contributed by atoms with Gasteiger partial charge in [-0.3, -0.25) is 9.59 Å². The van der Waals surface area contributed by atoms with Gasteiger partial charge in [0, 0.05) is 12.1 Å². The van der Waals surface area contributed by atoms with Gasteiger partial charge in [0.2, 0.25) is 5.91 Å². The maximum atomic E-state index is 12.1. The average molecular weight is 298 g/mol. The Morgan fingerprint density at radius 2 is 2.19 bits per heavy atom. The number of rotatable bonds is 4. The van der Waals surface area contributed by atoms with E-state index < -0.39 is 18.6 Å². The summed E-state index contributed by atoms with van der Waals surface area (Å²) < 4.78 is 28.5. The third kappa shape index (κ3) is 4.40. The Bertz CT molecular complexity index is 523. The average Bonchev–Trinajstić information content (AvgIpc) is 2.64. The van der Waals surface area contributed by atoms with Gasteiger partial charge in [-0.15, -0.1) is 0 Å². The van der Waals surface area contributed by atoms with Crippen LogP contribution in [0.15, 0.2) is 24.3 Å². The molecule has 1 aliphatic rings. The van der Waals surface area contributed by atoms with Gasteiger partial charge in [-0.2, -0.15) is 8.78 Å². The molecule has 7 heteroatoms. The molecule has 2 rings (SSSR count).